The van der Waals surface area contributed by atoms with Crippen molar-refractivity contribution in [2.45, 2.75) is 13.3 Å². The lowest BCUT2D eigenvalue weighted by molar-refractivity contribution is -0.129. The molecule has 2 heterocycles. The Hall–Kier alpha value is -2.64. The molecule has 4 rings (SSSR count). The van der Waals surface area contributed by atoms with Crippen LogP contribution in [0.15, 0.2) is 53.6 Å². The summed E-state index contributed by atoms with van der Waals surface area (Å²) in [6.07, 6.45) is 2.84. The smallest absolute Gasteiger partial charge is 0.244 e. The van der Waals surface area contributed by atoms with Crippen LogP contribution < -0.4 is 5.32 Å². The van der Waals surface area contributed by atoms with Crippen molar-refractivity contribution in [3.63, 3.8) is 0 Å². The van der Waals surface area contributed by atoms with Crippen molar-refractivity contribution in [1.29, 1.82) is 0 Å². The van der Waals surface area contributed by atoms with Gasteiger partial charge in [0.15, 0.2) is 0 Å². The zero-order chi connectivity index (χ0) is 19.5. The first-order valence-corrected chi connectivity index (χ1v) is 10.8. The second-order valence-electron chi connectivity index (χ2n) is 6.37. The Balaban J connectivity index is 1.48. The van der Waals surface area contributed by atoms with Crippen molar-refractivity contribution in [3.05, 3.63) is 64.1 Å². The minimum atomic E-state index is -0.213. The van der Waals surface area contributed by atoms with Crippen LogP contribution in [0.1, 0.15) is 17.5 Å². The molecule has 1 aliphatic heterocycles. The molecular weight excluding hydrogens is 390 g/mol. The number of carbonyl (C=O) groups excluding carboxylic acids is 2. The number of benzene rings is 2. The number of hydrogen-bond acceptors (Lipinski definition) is 5. The maximum atomic E-state index is 12.5. The van der Waals surface area contributed by atoms with E-state index in [0.29, 0.717) is 5.75 Å². The number of rotatable bonds is 5. The molecule has 3 aromatic rings. The summed E-state index contributed by atoms with van der Waals surface area (Å²) in [4.78, 5) is 30.9. The number of amides is 2. The maximum absolute atomic E-state index is 12.5. The number of fused-ring (bicyclic) bond motifs is 1. The second kappa shape index (κ2) is 8.16. The monoisotopic (exact) mass is 409 g/mol. The van der Waals surface area contributed by atoms with Crippen LogP contribution in [0.3, 0.4) is 0 Å². The number of para-hydroxylation sites is 1. The molecule has 28 heavy (non-hydrogen) atoms. The SMILES string of the molecule is CCc1ccc(NC(=O)CN2C(=O)CS/C2=C\c2nc3ccccc3s2)cc1. The molecule has 2 aromatic carbocycles. The average Bonchev–Trinajstić information content (AvgIpc) is 3.26. The Kier molecular flexibility index (Phi) is 5.45. The van der Waals surface area contributed by atoms with Gasteiger partial charge in [-0.1, -0.05) is 43.0 Å². The molecule has 2 amide bonds. The first-order valence-electron chi connectivity index (χ1n) is 9.01. The summed E-state index contributed by atoms with van der Waals surface area (Å²) in [7, 11) is 0. The lowest BCUT2D eigenvalue weighted by Crippen LogP contribution is -2.33. The van der Waals surface area contributed by atoms with Crippen molar-refractivity contribution >= 4 is 56.9 Å². The fourth-order valence-corrected chi connectivity index (χ4v) is 4.85. The lowest BCUT2D eigenvalue weighted by Gasteiger charge is -2.16. The van der Waals surface area contributed by atoms with Crippen molar-refractivity contribution in [1.82, 2.24) is 9.88 Å². The van der Waals surface area contributed by atoms with Gasteiger partial charge >= 0.3 is 0 Å². The molecule has 1 saturated heterocycles. The average molecular weight is 410 g/mol. The van der Waals surface area contributed by atoms with Crippen LogP contribution in [-0.2, 0) is 16.0 Å². The van der Waals surface area contributed by atoms with Crippen molar-refractivity contribution < 1.29 is 9.59 Å². The molecule has 5 nitrogen and oxygen atoms in total. The second-order valence-corrected chi connectivity index (χ2v) is 8.43. The van der Waals surface area contributed by atoms with E-state index in [0.717, 1.165) is 32.4 Å². The van der Waals surface area contributed by atoms with Crippen LogP contribution in [0.5, 0.6) is 0 Å². The van der Waals surface area contributed by atoms with Crippen LogP contribution in [0, 0.1) is 0 Å². The van der Waals surface area contributed by atoms with E-state index in [-0.39, 0.29) is 18.4 Å². The molecule has 1 aromatic heterocycles. The van der Waals surface area contributed by atoms with Gasteiger partial charge in [-0.25, -0.2) is 4.98 Å². The van der Waals surface area contributed by atoms with E-state index < -0.39 is 0 Å². The van der Waals surface area contributed by atoms with Crippen molar-refractivity contribution in [2.24, 2.45) is 0 Å². The molecule has 1 N–H and O–H groups in total. The van der Waals surface area contributed by atoms with Crippen molar-refractivity contribution in [2.75, 3.05) is 17.6 Å². The third-order valence-corrected chi connectivity index (χ3v) is 6.42. The van der Waals surface area contributed by atoms with E-state index in [1.807, 2.05) is 54.6 Å². The highest BCUT2D eigenvalue weighted by Crippen LogP contribution is 2.32. The van der Waals surface area contributed by atoms with Crippen LogP contribution in [0.2, 0.25) is 0 Å². The molecule has 0 atom stereocenters. The fraction of sp³-hybridized carbons (Fsp3) is 0.190. The number of hydrogen-bond donors (Lipinski definition) is 1. The van der Waals surface area contributed by atoms with Gasteiger partial charge in [-0.05, 0) is 36.2 Å². The highest BCUT2D eigenvalue weighted by Gasteiger charge is 2.28. The molecule has 0 radical (unpaired) electrons. The quantitative estimate of drug-likeness (QED) is 0.680. The lowest BCUT2D eigenvalue weighted by atomic mass is 10.1. The van der Waals surface area contributed by atoms with Crippen LogP contribution in [-0.4, -0.2) is 34.0 Å². The zero-order valence-corrected chi connectivity index (χ0v) is 17.0. The van der Waals surface area contributed by atoms with Gasteiger partial charge in [0.1, 0.15) is 11.6 Å². The Morgan fingerprint density at radius 1 is 1.21 bits per heavy atom. The normalized spacial score (nSPS) is 15.5. The summed E-state index contributed by atoms with van der Waals surface area (Å²) in [5.41, 5.74) is 2.89. The summed E-state index contributed by atoms with van der Waals surface area (Å²) in [6.45, 7) is 2.08. The van der Waals surface area contributed by atoms with Crippen LogP contribution in [0.4, 0.5) is 5.69 Å². The Bertz CT molecular complexity index is 1020. The summed E-state index contributed by atoms with van der Waals surface area (Å²) >= 11 is 3.01. The Morgan fingerprint density at radius 2 is 2.00 bits per heavy atom. The number of aryl methyl sites for hydroxylation is 1. The van der Waals surface area contributed by atoms with Crippen LogP contribution >= 0.6 is 23.1 Å². The summed E-state index contributed by atoms with van der Waals surface area (Å²) in [5.74, 6) is 0.0685. The van der Waals surface area contributed by atoms with Gasteiger partial charge in [0.25, 0.3) is 0 Å². The van der Waals surface area contributed by atoms with Crippen LogP contribution in [0.25, 0.3) is 16.3 Å². The predicted octanol–water partition coefficient (Wildman–Crippen LogP) is 4.37. The molecule has 142 valence electrons. The predicted molar refractivity (Wildman–Crippen MR) is 116 cm³/mol. The maximum Gasteiger partial charge on any atom is 0.244 e. The molecule has 0 saturated carbocycles. The summed E-state index contributed by atoms with van der Waals surface area (Å²) in [6, 6.07) is 15.7. The number of carbonyl (C=O) groups is 2. The molecular formula is C21H19N3O2S2. The third kappa shape index (κ3) is 4.10. The van der Waals surface area contributed by atoms with E-state index in [2.05, 4.69) is 17.2 Å². The molecule has 0 unspecified atom stereocenters. The van der Waals surface area contributed by atoms with E-state index >= 15 is 0 Å². The Morgan fingerprint density at radius 3 is 2.75 bits per heavy atom. The van der Waals surface area contributed by atoms with E-state index in [1.54, 1.807) is 11.3 Å². The van der Waals surface area contributed by atoms with Gasteiger partial charge < -0.3 is 5.32 Å². The fourth-order valence-electron chi connectivity index (χ4n) is 2.93. The van der Waals surface area contributed by atoms with Gasteiger partial charge in [-0.2, -0.15) is 0 Å². The summed E-state index contributed by atoms with van der Waals surface area (Å²) in [5, 5.41) is 4.46. The van der Waals surface area contributed by atoms with E-state index in [1.165, 1.54) is 22.2 Å². The highest BCUT2D eigenvalue weighted by molar-refractivity contribution is 8.04. The van der Waals surface area contributed by atoms with Crippen molar-refractivity contribution in [3.8, 4) is 0 Å². The van der Waals surface area contributed by atoms with Gasteiger partial charge in [0, 0.05) is 11.8 Å². The molecule has 0 aliphatic carbocycles. The first kappa shape index (κ1) is 18.7. The number of nitrogens with one attached hydrogen (secondary N) is 1. The minimum Gasteiger partial charge on any atom is -0.325 e. The minimum absolute atomic E-state index is 0.00189. The van der Waals surface area contributed by atoms with E-state index in [9.17, 15) is 9.59 Å². The van der Waals surface area contributed by atoms with Gasteiger partial charge in [-0.3, -0.25) is 14.5 Å². The number of thiazole rings is 1. The van der Waals surface area contributed by atoms with E-state index in [4.69, 9.17) is 0 Å². The zero-order valence-electron chi connectivity index (χ0n) is 15.3. The number of nitrogens with zero attached hydrogens (tertiary/aromatic N) is 2. The standard InChI is InChI=1S/C21H19N3O2S2/c1-2-14-7-9-15(10-8-14)22-18(25)12-24-20(26)13-27-21(24)11-19-23-16-5-3-4-6-17(16)28-19/h3-11H,2,12-13H2,1H3,(H,22,25)/b21-11-. The van der Waals surface area contributed by atoms with Gasteiger partial charge in [0.05, 0.1) is 21.0 Å². The molecule has 0 spiro atoms. The summed E-state index contributed by atoms with van der Waals surface area (Å²) < 4.78 is 1.10. The van der Waals surface area contributed by atoms with Gasteiger partial charge in [0.2, 0.25) is 11.8 Å². The first-order chi connectivity index (χ1) is 13.6. The molecule has 1 aliphatic rings. The highest BCUT2D eigenvalue weighted by atomic mass is 32.2. The molecule has 0 bridgehead atoms. The molecule has 1 fully saturated rings. The third-order valence-electron chi connectivity index (χ3n) is 4.42. The van der Waals surface area contributed by atoms with Gasteiger partial charge in [-0.15, -0.1) is 11.3 Å². The number of thioether (sulfide) groups is 1. The number of anilines is 1. The Labute approximate surface area is 171 Å². The number of aromatic nitrogens is 1. The largest absolute Gasteiger partial charge is 0.325 e. The molecule has 7 heteroatoms. The topological polar surface area (TPSA) is 62.3 Å².